The number of nitrogens with zero attached hydrogens (tertiary/aromatic N) is 3. The van der Waals surface area contributed by atoms with E-state index in [1.54, 1.807) is 24.3 Å². The van der Waals surface area contributed by atoms with Crippen LogP contribution in [-0.4, -0.2) is 54.4 Å². The van der Waals surface area contributed by atoms with Crippen LogP contribution in [0.2, 0.25) is 5.02 Å². The fourth-order valence-electron chi connectivity index (χ4n) is 4.77. The first-order valence-corrected chi connectivity index (χ1v) is 8.60. The molecular formula is C17H22ClN5O. The molecule has 24 heavy (non-hydrogen) atoms. The van der Waals surface area contributed by atoms with Crippen LogP contribution in [0.1, 0.15) is 13.8 Å². The SMILES string of the molecule is CC12CN3CN(C1)CC(C)(C3)C2=NNC(=O)Nc1ccc(Cl)cc1. The van der Waals surface area contributed by atoms with Crippen LogP contribution in [0.25, 0.3) is 0 Å². The molecule has 4 heterocycles. The maximum absolute atomic E-state index is 12.2. The number of hydrogen-bond donors (Lipinski definition) is 2. The third-order valence-corrected chi connectivity index (χ3v) is 5.46. The van der Waals surface area contributed by atoms with Crippen molar-refractivity contribution < 1.29 is 4.79 Å². The minimum absolute atomic E-state index is 0.0110. The minimum Gasteiger partial charge on any atom is -0.307 e. The zero-order valence-corrected chi connectivity index (χ0v) is 14.7. The molecule has 2 amide bonds. The average Bonchev–Trinajstić information content (AvgIpc) is 2.46. The summed E-state index contributed by atoms with van der Waals surface area (Å²) in [6.07, 6.45) is 0. The fraction of sp³-hybridized carbons (Fsp3) is 0.529. The number of hydrogen-bond acceptors (Lipinski definition) is 4. The molecule has 0 radical (unpaired) electrons. The number of halogens is 1. The number of carbonyl (C=O) groups is 1. The maximum atomic E-state index is 12.2. The van der Waals surface area contributed by atoms with E-state index >= 15 is 0 Å². The Morgan fingerprint density at radius 1 is 1.08 bits per heavy atom. The van der Waals surface area contributed by atoms with Gasteiger partial charge in [-0.1, -0.05) is 25.4 Å². The van der Waals surface area contributed by atoms with Crippen LogP contribution in [0.15, 0.2) is 29.4 Å². The second-order valence-corrected chi connectivity index (χ2v) is 8.21. The van der Waals surface area contributed by atoms with Crippen molar-refractivity contribution in [2.24, 2.45) is 15.9 Å². The van der Waals surface area contributed by atoms with Gasteiger partial charge in [-0.15, -0.1) is 0 Å². The van der Waals surface area contributed by atoms with Gasteiger partial charge >= 0.3 is 6.03 Å². The van der Waals surface area contributed by atoms with Gasteiger partial charge in [0.25, 0.3) is 0 Å². The molecule has 0 spiro atoms. The van der Waals surface area contributed by atoms with E-state index in [9.17, 15) is 4.79 Å². The number of rotatable bonds is 2. The first-order chi connectivity index (χ1) is 11.4. The highest BCUT2D eigenvalue weighted by Gasteiger charge is 2.57. The van der Waals surface area contributed by atoms with Crippen molar-refractivity contribution in [2.45, 2.75) is 13.8 Å². The van der Waals surface area contributed by atoms with Gasteiger partial charge in [-0.2, -0.15) is 5.10 Å². The van der Waals surface area contributed by atoms with Gasteiger partial charge in [0.05, 0.1) is 12.4 Å². The lowest BCUT2D eigenvalue weighted by Gasteiger charge is -2.63. The molecule has 0 saturated carbocycles. The van der Waals surface area contributed by atoms with Gasteiger partial charge < -0.3 is 5.32 Å². The summed E-state index contributed by atoms with van der Waals surface area (Å²) in [6, 6.07) is 6.69. The van der Waals surface area contributed by atoms with E-state index in [-0.39, 0.29) is 16.9 Å². The Morgan fingerprint density at radius 3 is 2.17 bits per heavy atom. The van der Waals surface area contributed by atoms with Gasteiger partial charge in [-0.25, -0.2) is 10.2 Å². The number of amides is 2. The molecule has 1 aromatic carbocycles. The van der Waals surface area contributed by atoms with Gasteiger partial charge in [-0.05, 0) is 24.3 Å². The molecule has 5 rings (SSSR count). The summed E-state index contributed by atoms with van der Waals surface area (Å²) in [5.41, 5.74) is 4.52. The number of nitrogens with one attached hydrogen (secondary N) is 2. The number of anilines is 1. The number of benzene rings is 1. The minimum atomic E-state index is -0.327. The molecule has 1 aromatic rings. The zero-order valence-electron chi connectivity index (χ0n) is 14.0. The lowest BCUT2D eigenvalue weighted by molar-refractivity contribution is -0.0739. The van der Waals surface area contributed by atoms with Crippen molar-refractivity contribution in [1.82, 2.24) is 15.2 Å². The molecule has 0 aliphatic carbocycles. The van der Waals surface area contributed by atoms with Gasteiger partial charge in [0.2, 0.25) is 0 Å². The Balaban J connectivity index is 1.49. The van der Waals surface area contributed by atoms with Crippen molar-refractivity contribution in [1.29, 1.82) is 0 Å². The lowest BCUT2D eigenvalue weighted by atomic mass is 9.62. The molecule has 0 atom stereocenters. The van der Waals surface area contributed by atoms with Crippen molar-refractivity contribution in [3.05, 3.63) is 29.3 Å². The summed E-state index contributed by atoms with van der Waals surface area (Å²) in [5.74, 6) is 0. The summed E-state index contributed by atoms with van der Waals surface area (Å²) >= 11 is 5.85. The van der Waals surface area contributed by atoms with E-state index in [1.165, 1.54) is 0 Å². The normalized spacial score (nSPS) is 36.5. The third kappa shape index (κ3) is 2.68. The van der Waals surface area contributed by atoms with E-state index in [0.29, 0.717) is 10.7 Å². The van der Waals surface area contributed by atoms with Crippen LogP contribution in [-0.2, 0) is 0 Å². The standard InChI is InChI=1S/C17H22ClN5O/c1-16-7-22-9-17(2,10-23(8-16)11-22)14(16)20-21-15(24)19-13-5-3-12(18)4-6-13/h3-6H,7-11H2,1-2H3,(H2,19,21,24). The molecule has 128 valence electrons. The van der Waals surface area contributed by atoms with Gasteiger partial charge in [0.15, 0.2) is 0 Å². The van der Waals surface area contributed by atoms with Crippen LogP contribution in [0.5, 0.6) is 0 Å². The molecule has 6 nitrogen and oxygen atoms in total. The molecule has 0 unspecified atom stereocenters. The highest BCUT2D eigenvalue weighted by molar-refractivity contribution is 6.30. The summed E-state index contributed by atoms with van der Waals surface area (Å²) in [6.45, 7) is 9.61. The Bertz CT molecular complexity index is 663. The van der Waals surface area contributed by atoms with Gasteiger partial charge in [-0.3, -0.25) is 9.80 Å². The second kappa shape index (κ2) is 5.44. The second-order valence-electron chi connectivity index (χ2n) is 7.77. The maximum Gasteiger partial charge on any atom is 0.339 e. The molecule has 4 fully saturated rings. The summed E-state index contributed by atoms with van der Waals surface area (Å²) in [5, 5.41) is 7.97. The molecule has 4 aliphatic heterocycles. The zero-order chi connectivity index (χ0) is 16.9. The first kappa shape index (κ1) is 15.9. The first-order valence-electron chi connectivity index (χ1n) is 8.22. The predicted octanol–water partition coefficient (Wildman–Crippen LogP) is 2.43. The van der Waals surface area contributed by atoms with Crippen molar-refractivity contribution in [2.75, 3.05) is 38.2 Å². The van der Waals surface area contributed by atoms with Crippen LogP contribution in [0.3, 0.4) is 0 Å². The summed E-state index contributed by atoms with van der Waals surface area (Å²) < 4.78 is 0. The van der Waals surface area contributed by atoms with Gasteiger partial charge in [0, 0.05) is 47.7 Å². The predicted molar refractivity (Wildman–Crippen MR) is 95.3 cm³/mol. The number of urea groups is 1. The monoisotopic (exact) mass is 347 g/mol. The van der Waals surface area contributed by atoms with E-state index in [0.717, 1.165) is 38.6 Å². The number of piperidine rings is 2. The van der Waals surface area contributed by atoms with Gasteiger partial charge in [0.1, 0.15) is 0 Å². The number of hydrazone groups is 1. The smallest absolute Gasteiger partial charge is 0.307 e. The largest absolute Gasteiger partial charge is 0.339 e. The van der Waals surface area contributed by atoms with Crippen LogP contribution >= 0.6 is 11.6 Å². The van der Waals surface area contributed by atoms with E-state index < -0.39 is 0 Å². The number of carbonyl (C=O) groups excluding carboxylic acids is 1. The highest BCUT2D eigenvalue weighted by Crippen LogP contribution is 2.46. The summed E-state index contributed by atoms with van der Waals surface area (Å²) in [4.78, 5) is 17.1. The molecule has 0 aromatic heterocycles. The third-order valence-electron chi connectivity index (χ3n) is 5.21. The highest BCUT2D eigenvalue weighted by atomic mass is 35.5. The fourth-order valence-corrected chi connectivity index (χ4v) is 4.89. The molecule has 4 saturated heterocycles. The van der Waals surface area contributed by atoms with E-state index in [2.05, 4.69) is 39.5 Å². The topological polar surface area (TPSA) is 60.0 Å². The quantitative estimate of drug-likeness (QED) is 0.808. The Morgan fingerprint density at radius 2 is 1.62 bits per heavy atom. The van der Waals surface area contributed by atoms with Crippen LogP contribution in [0, 0.1) is 10.8 Å². The average molecular weight is 348 g/mol. The van der Waals surface area contributed by atoms with Crippen LogP contribution in [0.4, 0.5) is 10.5 Å². The molecule has 4 bridgehead atoms. The Labute approximate surface area is 146 Å². The molecular weight excluding hydrogens is 326 g/mol. The van der Waals surface area contributed by atoms with Crippen molar-refractivity contribution in [3.63, 3.8) is 0 Å². The Kier molecular flexibility index (Phi) is 3.60. The van der Waals surface area contributed by atoms with E-state index in [1.807, 2.05) is 0 Å². The molecule has 7 heteroatoms. The molecule has 2 N–H and O–H groups in total. The van der Waals surface area contributed by atoms with Crippen LogP contribution < -0.4 is 10.7 Å². The Hall–Kier alpha value is -1.63. The van der Waals surface area contributed by atoms with Crippen molar-refractivity contribution in [3.8, 4) is 0 Å². The summed E-state index contributed by atoms with van der Waals surface area (Å²) in [7, 11) is 0. The lowest BCUT2D eigenvalue weighted by Crippen LogP contribution is -2.74. The molecule has 4 aliphatic rings. The van der Waals surface area contributed by atoms with Crippen molar-refractivity contribution >= 4 is 29.0 Å². The van der Waals surface area contributed by atoms with E-state index in [4.69, 9.17) is 11.6 Å².